The maximum absolute atomic E-state index is 10.9. The van der Waals surface area contributed by atoms with Gasteiger partial charge in [0.15, 0.2) is 18.8 Å². The van der Waals surface area contributed by atoms with Gasteiger partial charge in [-0.3, -0.25) is 0 Å². The minimum Gasteiger partial charge on any atom is -0.394 e. The van der Waals surface area contributed by atoms with Crippen LogP contribution in [0.5, 0.6) is 0 Å². The van der Waals surface area contributed by atoms with Crippen LogP contribution in [0.4, 0.5) is 0 Å². The zero-order chi connectivity index (χ0) is 22.4. The first-order valence-electron chi connectivity index (χ1n) is 10.3. The maximum atomic E-state index is 10.9. The molecular weight excluding hydrogens is 434 g/mol. The molecule has 13 heteroatoms. The second kappa shape index (κ2) is 9.37. The van der Waals surface area contributed by atoms with Crippen LogP contribution in [-0.4, -0.2) is 117 Å². The van der Waals surface area contributed by atoms with E-state index in [2.05, 4.69) is 0 Å². The van der Waals surface area contributed by atoms with Crippen molar-refractivity contribution in [2.75, 3.05) is 12.5 Å². The van der Waals surface area contributed by atoms with E-state index in [0.29, 0.717) is 17.2 Å². The first-order chi connectivity index (χ1) is 14.7. The Labute approximate surface area is 183 Å². The van der Waals surface area contributed by atoms with Crippen molar-refractivity contribution < 1.29 is 44.5 Å². The third kappa shape index (κ3) is 4.47. The highest BCUT2D eigenvalue weighted by atomic mass is 32.2. The van der Waals surface area contributed by atoms with Gasteiger partial charge in [-0.2, -0.15) is 0 Å². The number of rotatable bonds is 6. The van der Waals surface area contributed by atoms with Crippen LogP contribution in [0.1, 0.15) is 13.3 Å². The number of aliphatic hydroxyl groups is 5. The molecule has 2 bridgehead atoms. The van der Waals surface area contributed by atoms with Crippen LogP contribution in [0.3, 0.4) is 0 Å². The van der Waals surface area contributed by atoms with Gasteiger partial charge in [-0.05, 0) is 6.92 Å². The molecule has 0 aromatic rings. The van der Waals surface area contributed by atoms with Crippen LogP contribution in [0, 0.1) is 0 Å². The van der Waals surface area contributed by atoms with Crippen molar-refractivity contribution in [3.8, 4) is 0 Å². The summed E-state index contributed by atoms with van der Waals surface area (Å²) in [6.07, 6.45) is -8.21. The Morgan fingerprint density at radius 1 is 1.19 bits per heavy atom. The van der Waals surface area contributed by atoms with Crippen LogP contribution < -0.4 is 11.5 Å². The first kappa shape index (κ1) is 23.6. The lowest BCUT2D eigenvalue weighted by atomic mass is 9.97. The molecule has 9 N–H and O–H groups in total. The number of nitrogens with zero attached hydrogens (tertiary/aromatic N) is 1. The van der Waals surface area contributed by atoms with Gasteiger partial charge in [-0.1, -0.05) is 0 Å². The van der Waals surface area contributed by atoms with E-state index in [1.54, 1.807) is 18.0 Å². The normalized spacial score (nSPS) is 48.7. The molecule has 0 saturated carbocycles. The van der Waals surface area contributed by atoms with Crippen LogP contribution in [0.15, 0.2) is 11.1 Å². The molecule has 0 aliphatic carbocycles. The largest absolute Gasteiger partial charge is 0.394 e. The van der Waals surface area contributed by atoms with Gasteiger partial charge in [0.2, 0.25) is 0 Å². The molecule has 2 fully saturated rings. The maximum Gasteiger partial charge on any atom is 0.184 e. The van der Waals surface area contributed by atoms with E-state index in [-0.39, 0.29) is 12.1 Å². The molecular formula is C18H31N3O9S. The van der Waals surface area contributed by atoms with Crippen LogP contribution in [0.2, 0.25) is 0 Å². The summed E-state index contributed by atoms with van der Waals surface area (Å²) in [5.74, 6) is 0.476. The molecule has 4 aliphatic rings. The third-order valence-electron chi connectivity index (χ3n) is 6.06. The van der Waals surface area contributed by atoms with Crippen molar-refractivity contribution in [2.45, 2.75) is 87.0 Å². The van der Waals surface area contributed by atoms with Crippen molar-refractivity contribution in [2.24, 2.45) is 11.5 Å². The highest BCUT2D eigenvalue weighted by Gasteiger charge is 2.51. The van der Waals surface area contributed by atoms with Crippen molar-refractivity contribution in [3.05, 3.63) is 11.1 Å². The third-order valence-corrected chi connectivity index (χ3v) is 7.17. The van der Waals surface area contributed by atoms with Gasteiger partial charge >= 0.3 is 0 Å². The van der Waals surface area contributed by atoms with Crippen molar-refractivity contribution in [1.82, 2.24) is 4.90 Å². The average Bonchev–Trinajstić information content (AvgIpc) is 3.34. The Balaban J connectivity index is 1.51. The Morgan fingerprint density at radius 2 is 1.94 bits per heavy atom. The molecule has 2 saturated heterocycles. The molecule has 0 radical (unpaired) electrons. The minimum atomic E-state index is -1.38. The molecule has 0 spiro atoms. The molecule has 4 aliphatic heterocycles. The smallest absolute Gasteiger partial charge is 0.184 e. The molecule has 0 aromatic carbocycles. The van der Waals surface area contributed by atoms with Crippen molar-refractivity contribution >= 4 is 11.8 Å². The summed E-state index contributed by atoms with van der Waals surface area (Å²) in [7, 11) is 0. The van der Waals surface area contributed by atoms with Crippen LogP contribution >= 0.6 is 11.8 Å². The predicted molar refractivity (Wildman–Crippen MR) is 107 cm³/mol. The van der Waals surface area contributed by atoms with Gasteiger partial charge in [-0.25, -0.2) is 0 Å². The fraction of sp³-hybridized carbons (Fsp3) is 0.889. The summed E-state index contributed by atoms with van der Waals surface area (Å²) < 4.78 is 23.3. The molecule has 0 aromatic heterocycles. The molecule has 12 atom stereocenters. The minimum absolute atomic E-state index is 0.302. The number of aliphatic hydroxyl groups excluding tert-OH is 5. The van der Waals surface area contributed by atoms with Gasteiger partial charge in [0.1, 0.15) is 36.6 Å². The van der Waals surface area contributed by atoms with Gasteiger partial charge < -0.3 is 60.8 Å². The Kier molecular flexibility index (Phi) is 7.13. The molecule has 12 unspecified atom stereocenters. The van der Waals surface area contributed by atoms with E-state index in [1.807, 2.05) is 0 Å². The van der Waals surface area contributed by atoms with E-state index in [1.165, 1.54) is 11.8 Å². The fourth-order valence-electron chi connectivity index (χ4n) is 4.15. The van der Waals surface area contributed by atoms with E-state index in [4.69, 9.17) is 30.4 Å². The summed E-state index contributed by atoms with van der Waals surface area (Å²) in [6, 6.07) is -1.41. The Bertz CT molecular complexity index is 671. The lowest BCUT2D eigenvalue weighted by molar-refractivity contribution is -0.318. The molecule has 4 rings (SSSR count). The van der Waals surface area contributed by atoms with E-state index in [0.717, 1.165) is 0 Å². The van der Waals surface area contributed by atoms with Gasteiger partial charge in [-0.15, -0.1) is 11.8 Å². The number of ether oxygens (including phenoxy) is 4. The van der Waals surface area contributed by atoms with E-state index >= 15 is 0 Å². The van der Waals surface area contributed by atoms with Gasteiger partial charge in [0.05, 0.1) is 24.6 Å². The Hall–Kier alpha value is -0.550. The lowest BCUT2D eigenvalue weighted by Crippen LogP contribution is -2.65. The van der Waals surface area contributed by atoms with Crippen molar-refractivity contribution in [1.29, 1.82) is 0 Å². The highest BCUT2D eigenvalue weighted by Crippen LogP contribution is 2.41. The highest BCUT2D eigenvalue weighted by molar-refractivity contribution is 8.03. The monoisotopic (exact) mass is 465 g/mol. The SMILES string of the molecule is CC(N)C1CC(O)C(OC2C(O)C3=CN(CS3)C2OC2OC(CO)C(O)C(O)C2N)O1. The second-order valence-corrected chi connectivity index (χ2v) is 9.40. The molecule has 31 heavy (non-hydrogen) atoms. The standard InChI is InChI=1S/C18H31N3O9S/c1-6(19)8-2-7(23)17(27-8)29-15-13(25)10-3-21(5-31-10)16(15)30-18-11(20)14(26)12(24)9(4-22)28-18/h3,6-9,11-18,22-26H,2,4-5,19-20H2,1H3. The summed E-state index contributed by atoms with van der Waals surface area (Å²) in [6.45, 7) is 1.23. The van der Waals surface area contributed by atoms with Crippen LogP contribution in [-0.2, 0) is 18.9 Å². The van der Waals surface area contributed by atoms with Crippen LogP contribution in [0.25, 0.3) is 0 Å². The lowest BCUT2D eigenvalue weighted by Gasteiger charge is -2.45. The number of nitrogens with two attached hydrogens (primary N) is 2. The van der Waals surface area contributed by atoms with E-state index < -0.39 is 68.1 Å². The van der Waals surface area contributed by atoms with E-state index in [9.17, 15) is 25.5 Å². The summed E-state index contributed by atoms with van der Waals surface area (Å²) in [4.78, 5) is 2.46. The number of hydrogen-bond donors (Lipinski definition) is 7. The zero-order valence-electron chi connectivity index (χ0n) is 17.0. The number of hydrogen-bond acceptors (Lipinski definition) is 13. The second-order valence-electron chi connectivity index (χ2n) is 8.38. The number of fused-ring (bicyclic) bond motifs is 1. The average molecular weight is 466 g/mol. The Morgan fingerprint density at radius 3 is 2.58 bits per heavy atom. The topological polar surface area (TPSA) is 193 Å². The molecule has 4 heterocycles. The summed E-state index contributed by atoms with van der Waals surface area (Å²) in [5, 5.41) is 50.9. The van der Waals surface area contributed by atoms with Gasteiger partial charge in [0.25, 0.3) is 0 Å². The predicted octanol–water partition coefficient (Wildman–Crippen LogP) is -3.47. The first-order valence-corrected chi connectivity index (χ1v) is 11.3. The van der Waals surface area contributed by atoms with Crippen molar-refractivity contribution in [3.63, 3.8) is 0 Å². The zero-order valence-corrected chi connectivity index (χ0v) is 17.8. The number of thioether (sulfide) groups is 1. The quantitative estimate of drug-likeness (QED) is 0.205. The molecule has 12 nitrogen and oxygen atoms in total. The summed E-state index contributed by atoms with van der Waals surface area (Å²) >= 11 is 1.41. The fourth-order valence-corrected chi connectivity index (χ4v) is 5.18. The molecule has 178 valence electrons. The summed E-state index contributed by atoms with van der Waals surface area (Å²) in [5.41, 5.74) is 11.9. The molecule has 0 amide bonds. The van der Waals surface area contributed by atoms with Gasteiger partial charge in [0, 0.05) is 23.6 Å².